The zero-order chi connectivity index (χ0) is 26.9. The maximum absolute atomic E-state index is 12.7. The van der Waals surface area contributed by atoms with Crippen LogP contribution >= 0.6 is 0 Å². The fraction of sp³-hybridized carbons (Fsp3) is 0.265. The number of rotatable bonds is 9. The van der Waals surface area contributed by atoms with Crippen LogP contribution in [0.1, 0.15) is 41.5 Å². The molecule has 1 aliphatic rings. The molecule has 0 unspecified atom stereocenters. The smallest absolute Gasteiger partial charge is 0.407 e. The van der Waals surface area contributed by atoms with E-state index in [1.54, 1.807) is 0 Å². The fourth-order valence-corrected chi connectivity index (χ4v) is 5.53. The highest BCUT2D eigenvalue weighted by Gasteiger charge is 2.40. The van der Waals surface area contributed by atoms with Crippen LogP contribution in [-0.2, 0) is 21.7 Å². The highest BCUT2D eigenvalue weighted by atomic mass is 16.5. The van der Waals surface area contributed by atoms with Gasteiger partial charge in [0.25, 0.3) is 0 Å². The van der Waals surface area contributed by atoms with E-state index < -0.39 is 17.8 Å². The number of nitrogens with one attached hydrogen (secondary N) is 1. The van der Waals surface area contributed by atoms with Crippen molar-refractivity contribution in [3.05, 3.63) is 144 Å². The molecule has 0 spiro atoms. The second-order valence-electron chi connectivity index (χ2n) is 10.1. The Balaban J connectivity index is 1.40. The van der Waals surface area contributed by atoms with E-state index in [-0.39, 0.29) is 18.6 Å². The van der Waals surface area contributed by atoms with Gasteiger partial charge in [-0.25, -0.2) is 4.79 Å². The summed E-state index contributed by atoms with van der Waals surface area (Å²) in [5.41, 5.74) is 3.14. The fourth-order valence-electron chi connectivity index (χ4n) is 5.53. The molecule has 39 heavy (non-hydrogen) atoms. The summed E-state index contributed by atoms with van der Waals surface area (Å²) in [6.07, 6.45) is 0.937. The second-order valence-corrected chi connectivity index (χ2v) is 10.1. The summed E-state index contributed by atoms with van der Waals surface area (Å²) < 4.78 is 12.5. The molecule has 1 amide bonds. The van der Waals surface area contributed by atoms with Crippen LogP contribution in [0.5, 0.6) is 0 Å². The third-order valence-corrected chi connectivity index (χ3v) is 7.53. The molecule has 1 saturated carbocycles. The highest BCUT2D eigenvalue weighted by Crippen LogP contribution is 2.41. The summed E-state index contributed by atoms with van der Waals surface area (Å²) in [5.74, 6) is -0.0893. The number of aliphatic hydroxyl groups excluding tert-OH is 1. The minimum absolute atomic E-state index is 0.0893. The number of aliphatic hydroxyl groups is 1. The van der Waals surface area contributed by atoms with Crippen molar-refractivity contribution in [3.8, 4) is 0 Å². The van der Waals surface area contributed by atoms with Crippen molar-refractivity contribution in [2.75, 3.05) is 6.61 Å². The zero-order valence-corrected chi connectivity index (χ0v) is 22.0. The molecule has 0 aliphatic heterocycles. The van der Waals surface area contributed by atoms with Crippen molar-refractivity contribution in [1.82, 2.24) is 5.32 Å². The number of hydrogen-bond donors (Lipinski definition) is 2. The Bertz CT molecular complexity index is 1200. The lowest BCUT2D eigenvalue weighted by Crippen LogP contribution is -2.47. The molecule has 5 heteroatoms. The normalized spacial score (nSPS) is 19.3. The molecule has 0 radical (unpaired) electrons. The van der Waals surface area contributed by atoms with Crippen LogP contribution < -0.4 is 5.32 Å². The van der Waals surface area contributed by atoms with E-state index in [1.807, 2.05) is 84.9 Å². The molecule has 200 valence electrons. The average Bonchev–Trinajstić information content (AvgIpc) is 3.00. The average molecular weight is 522 g/mol. The van der Waals surface area contributed by atoms with Gasteiger partial charge in [0.05, 0.1) is 12.7 Å². The van der Waals surface area contributed by atoms with Gasteiger partial charge in [-0.2, -0.15) is 0 Å². The van der Waals surface area contributed by atoms with E-state index in [2.05, 4.69) is 41.7 Å². The number of ether oxygens (including phenoxy) is 2. The molecule has 0 saturated heterocycles. The Kier molecular flexibility index (Phi) is 8.71. The molecule has 1 fully saturated rings. The van der Waals surface area contributed by atoms with Crippen molar-refractivity contribution in [2.45, 2.75) is 43.6 Å². The van der Waals surface area contributed by atoms with Gasteiger partial charge < -0.3 is 19.9 Å². The van der Waals surface area contributed by atoms with Crippen LogP contribution in [0.15, 0.2) is 121 Å². The Morgan fingerprint density at radius 3 is 1.74 bits per heavy atom. The number of hydrogen-bond acceptors (Lipinski definition) is 4. The summed E-state index contributed by atoms with van der Waals surface area (Å²) in [4.78, 5) is 12.7. The van der Waals surface area contributed by atoms with Crippen molar-refractivity contribution in [3.63, 3.8) is 0 Å². The van der Waals surface area contributed by atoms with Crippen LogP contribution in [0.4, 0.5) is 4.79 Å². The van der Waals surface area contributed by atoms with Crippen LogP contribution in [-0.4, -0.2) is 30.0 Å². The molecular weight excluding hydrogens is 486 g/mol. The van der Waals surface area contributed by atoms with Gasteiger partial charge >= 0.3 is 6.09 Å². The van der Waals surface area contributed by atoms with E-state index in [0.29, 0.717) is 25.9 Å². The van der Waals surface area contributed by atoms with Crippen LogP contribution in [0, 0.1) is 5.92 Å². The van der Waals surface area contributed by atoms with Gasteiger partial charge in [0, 0.05) is 12.0 Å². The maximum Gasteiger partial charge on any atom is 0.407 e. The molecule has 5 rings (SSSR count). The van der Waals surface area contributed by atoms with Crippen molar-refractivity contribution >= 4 is 6.09 Å². The lowest BCUT2D eigenvalue weighted by Gasteiger charge is -2.40. The number of carbonyl (C=O) groups is 1. The minimum Gasteiger partial charge on any atom is -0.445 e. The van der Waals surface area contributed by atoms with Crippen LogP contribution in [0.3, 0.4) is 0 Å². The van der Waals surface area contributed by atoms with Crippen LogP contribution in [0.25, 0.3) is 0 Å². The third kappa shape index (κ3) is 6.39. The zero-order valence-electron chi connectivity index (χ0n) is 22.0. The van der Waals surface area contributed by atoms with Gasteiger partial charge in [0.15, 0.2) is 0 Å². The second kappa shape index (κ2) is 12.7. The van der Waals surface area contributed by atoms with Gasteiger partial charge in [0.1, 0.15) is 12.2 Å². The molecular formula is C34H35NO4. The summed E-state index contributed by atoms with van der Waals surface area (Å²) >= 11 is 0. The maximum atomic E-state index is 12.7. The van der Waals surface area contributed by atoms with E-state index >= 15 is 0 Å². The molecule has 0 bridgehead atoms. The van der Waals surface area contributed by atoms with Gasteiger partial charge in [-0.1, -0.05) is 121 Å². The lowest BCUT2D eigenvalue weighted by atomic mass is 9.79. The molecule has 3 atom stereocenters. The minimum atomic E-state index is -0.857. The first-order valence-electron chi connectivity index (χ1n) is 13.6. The first-order chi connectivity index (χ1) is 19.1. The molecule has 4 aromatic carbocycles. The number of carbonyl (C=O) groups excluding carboxylic acids is 1. The Morgan fingerprint density at radius 2 is 1.23 bits per heavy atom. The first-order valence-corrected chi connectivity index (χ1v) is 13.6. The summed E-state index contributed by atoms with van der Waals surface area (Å²) in [6.45, 7) is 0.557. The number of amides is 1. The summed E-state index contributed by atoms with van der Waals surface area (Å²) in [7, 11) is 0. The largest absolute Gasteiger partial charge is 0.445 e. The SMILES string of the molecule is O=C(N[C@H]1CC[C@@H](O)C[C@H]1COC(c1ccccc1)(c1ccccc1)c1ccccc1)OCc1ccccc1. The van der Waals surface area contributed by atoms with E-state index in [1.165, 1.54) is 0 Å². The van der Waals surface area contributed by atoms with E-state index in [0.717, 1.165) is 22.3 Å². The third-order valence-electron chi connectivity index (χ3n) is 7.53. The molecule has 2 N–H and O–H groups in total. The van der Waals surface area contributed by atoms with Gasteiger partial charge in [-0.15, -0.1) is 0 Å². The Hall–Kier alpha value is -3.93. The van der Waals surface area contributed by atoms with Crippen LogP contribution in [0.2, 0.25) is 0 Å². The lowest BCUT2D eigenvalue weighted by molar-refractivity contribution is -0.0366. The topological polar surface area (TPSA) is 67.8 Å². The van der Waals surface area contributed by atoms with Crippen molar-refractivity contribution in [1.29, 1.82) is 0 Å². The standard InChI is InChI=1S/C34H35NO4/c36-31-21-22-32(35-33(37)38-24-26-13-5-1-6-14-26)27(23-31)25-39-34(28-15-7-2-8-16-28,29-17-9-3-10-18-29)30-19-11-4-12-20-30/h1-20,27,31-32,36H,21-25H2,(H,35,37)/t27-,31+,32-/m0/s1. The predicted octanol–water partition coefficient (Wildman–Crippen LogP) is 6.45. The summed E-state index contributed by atoms with van der Waals surface area (Å²) in [6, 6.07) is 40.2. The first kappa shape index (κ1) is 26.7. The molecule has 5 nitrogen and oxygen atoms in total. The predicted molar refractivity (Wildman–Crippen MR) is 152 cm³/mol. The van der Waals surface area contributed by atoms with Gasteiger partial charge in [0.2, 0.25) is 0 Å². The van der Waals surface area contributed by atoms with Gasteiger partial charge in [-0.3, -0.25) is 0 Å². The quantitative estimate of drug-likeness (QED) is 0.248. The Labute approximate surface area is 230 Å². The van der Waals surface area contributed by atoms with E-state index in [9.17, 15) is 9.90 Å². The number of benzene rings is 4. The van der Waals surface area contributed by atoms with Crippen molar-refractivity contribution < 1.29 is 19.4 Å². The van der Waals surface area contributed by atoms with E-state index in [4.69, 9.17) is 9.47 Å². The molecule has 0 heterocycles. The molecule has 1 aliphatic carbocycles. The molecule has 4 aromatic rings. The summed E-state index contributed by atoms with van der Waals surface area (Å²) in [5, 5.41) is 13.6. The van der Waals surface area contributed by atoms with Crippen molar-refractivity contribution in [2.24, 2.45) is 5.92 Å². The monoisotopic (exact) mass is 521 g/mol. The Morgan fingerprint density at radius 1 is 0.744 bits per heavy atom. The van der Waals surface area contributed by atoms with Gasteiger partial charge in [-0.05, 0) is 41.5 Å². The number of alkyl carbamates (subject to hydrolysis) is 1. The highest BCUT2D eigenvalue weighted by molar-refractivity contribution is 5.67. The molecule has 0 aromatic heterocycles.